The van der Waals surface area contributed by atoms with Gasteiger partial charge in [0.05, 0.1) is 12.6 Å². The molecule has 0 aliphatic heterocycles. The van der Waals surface area contributed by atoms with Crippen molar-refractivity contribution < 1.29 is 14.3 Å². The number of carbonyl (C=O) groups excluding carboxylic acids is 1. The second-order valence-corrected chi connectivity index (χ2v) is 10.00. The fourth-order valence-corrected chi connectivity index (χ4v) is 4.46. The third-order valence-corrected chi connectivity index (χ3v) is 6.18. The molecule has 0 atom stereocenters. The summed E-state index contributed by atoms with van der Waals surface area (Å²) in [7, 11) is 1.59. The Morgan fingerprint density at radius 2 is 1.71 bits per heavy atom. The van der Waals surface area contributed by atoms with E-state index in [1.165, 1.54) is 0 Å². The first-order chi connectivity index (χ1) is 16.6. The SMILES string of the molecule is COc1nc(N)ccc1-c1ccc2nc(NC3CCC(NC(=O)OC(C)(C)C)CC3)ncc2c1C. The van der Waals surface area contributed by atoms with Gasteiger partial charge in [0.25, 0.3) is 0 Å². The van der Waals surface area contributed by atoms with E-state index < -0.39 is 5.60 Å². The summed E-state index contributed by atoms with van der Waals surface area (Å²) in [6, 6.07) is 8.08. The van der Waals surface area contributed by atoms with Gasteiger partial charge in [0.2, 0.25) is 11.8 Å². The first-order valence-electron chi connectivity index (χ1n) is 12.0. The lowest BCUT2D eigenvalue weighted by atomic mass is 9.91. The molecule has 0 saturated heterocycles. The molecule has 2 aromatic heterocycles. The number of hydrogen-bond donors (Lipinski definition) is 3. The molecule has 4 N–H and O–H groups in total. The Kier molecular flexibility index (Phi) is 6.95. The number of aryl methyl sites for hydroxylation is 1. The third-order valence-electron chi connectivity index (χ3n) is 6.18. The number of pyridine rings is 1. The van der Waals surface area contributed by atoms with Gasteiger partial charge in [-0.05, 0) is 82.7 Å². The minimum atomic E-state index is -0.493. The summed E-state index contributed by atoms with van der Waals surface area (Å²) in [6.07, 6.45) is 5.10. The number of nitrogens with zero attached hydrogens (tertiary/aromatic N) is 3. The molecule has 1 aliphatic rings. The normalized spacial score (nSPS) is 18.2. The van der Waals surface area contributed by atoms with Gasteiger partial charge < -0.3 is 25.8 Å². The van der Waals surface area contributed by atoms with Crippen LogP contribution in [-0.2, 0) is 4.74 Å². The number of fused-ring (bicyclic) bond motifs is 1. The van der Waals surface area contributed by atoms with E-state index in [0.717, 1.165) is 53.3 Å². The number of ether oxygens (including phenoxy) is 2. The molecule has 0 bridgehead atoms. The van der Waals surface area contributed by atoms with Gasteiger partial charge in [-0.3, -0.25) is 0 Å². The number of nitrogen functional groups attached to an aromatic ring is 1. The topological polar surface area (TPSA) is 124 Å². The Hall–Kier alpha value is -3.62. The Morgan fingerprint density at radius 3 is 2.40 bits per heavy atom. The molecule has 2 heterocycles. The van der Waals surface area contributed by atoms with E-state index in [-0.39, 0.29) is 18.2 Å². The number of alkyl carbamates (subject to hydrolysis) is 1. The van der Waals surface area contributed by atoms with E-state index in [1.807, 2.05) is 52.1 Å². The zero-order valence-corrected chi connectivity index (χ0v) is 21.0. The molecule has 1 amide bonds. The van der Waals surface area contributed by atoms with Gasteiger partial charge in [-0.25, -0.2) is 14.8 Å². The van der Waals surface area contributed by atoms with E-state index in [1.54, 1.807) is 13.2 Å². The molecule has 9 heteroatoms. The number of nitrogens with two attached hydrogens (primary N) is 1. The Morgan fingerprint density at radius 1 is 1.03 bits per heavy atom. The summed E-state index contributed by atoms with van der Waals surface area (Å²) in [6.45, 7) is 7.64. The van der Waals surface area contributed by atoms with Crippen LogP contribution >= 0.6 is 0 Å². The molecule has 186 valence electrons. The molecular formula is C26H34N6O3. The van der Waals surface area contributed by atoms with Gasteiger partial charge in [0, 0.05) is 29.2 Å². The summed E-state index contributed by atoms with van der Waals surface area (Å²) in [4.78, 5) is 25.7. The van der Waals surface area contributed by atoms with E-state index in [9.17, 15) is 4.79 Å². The van der Waals surface area contributed by atoms with Crippen molar-refractivity contribution in [2.24, 2.45) is 0 Å². The second-order valence-electron chi connectivity index (χ2n) is 10.00. The first kappa shape index (κ1) is 24.5. The zero-order chi connectivity index (χ0) is 25.2. The average Bonchev–Trinajstić information content (AvgIpc) is 2.79. The number of methoxy groups -OCH3 is 1. The lowest BCUT2D eigenvalue weighted by molar-refractivity contribution is 0.0492. The molecule has 0 unspecified atom stereocenters. The van der Waals surface area contributed by atoms with Crippen molar-refractivity contribution in [3.63, 3.8) is 0 Å². The smallest absolute Gasteiger partial charge is 0.407 e. The monoisotopic (exact) mass is 478 g/mol. The Balaban J connectivity index is 1.42. The van der Waals surface area contributed by atoms with Gasteiger partial charge in [-0.1, -0.05) is 6.07 Å². The van der Waals surface area contributed by atoms with Gasteiger partial charge in [-0.2, -0.15) is 4.98 Å². The summed E-state index contributed by atoms with van der Waals surface area (Å²) >= 11 is 0. The van der Waals surface area contributed by atoms with Crippen molar-refractivity contribution in [3.05, 3.63) is 36.0 Å². The molecule has 3 aromatic rings. The van der Waals surface area contributed by atoms with Crippen LogP contribution in [0.15, 0.2) is 30.5 Å². The number of amides is 1. The van der Waals surface area contributed by atoms with Gasteiger partial charge >= 0.3 is 6.09 Å². The first-order valence-corrected chi connectivity index (χ1v) is 12.0. The standard InChI is InChI=1S/C26H34N6O3/c1-15-18(19-11-13-22(27)32-23(19)34-5)10-12-21-20(15)14-28-24(31-21)29-16-6-8-17(9-7-16)30-25(33)35-26(2,3)4/h10-14,16-17H,6-9H2,1-5H3,(H2,27,32)(H,30,33)(H,28,29,31). The Bertz CT molecular complexity index is 1220. The van der Waals surface area contributed by atoms with Crippen molar-refractivity contribution in [3.8, 4) is 17.0 Å². The largest absolute Gasteiger partial charge is 0.480 e. The highest BCUT2D eigenvalue weighted by molar-refractivity contribution is 5.90. The average molecular weight is 479 g/mol. The fraction of sp³-hybridized carbons (Fsp3) is 0.462. The lowest BCUT2D eigenvalue weighted by Gasteiger charge is -2.30. The van der Waals surface area contributed by atoms with Gasteiger partial charge in [0.15, 0.2) is 0 Å². The maximum absolute atomic E-state index is 12.0. The number of hydrogen-bond acceptors (Lipinski definition) is 8. The maximum Gasteiger partial charge on any atom is 0.407 e. The van der Waals surface area contributed by atoms with Crippen LogP contribution in [0.4, 0.5) is 16.6 Å². The molecule has 1 fully saturated rings. The quantitative estimate of drug-likeness (QED) is 0.476. The van der Waals surface area contributed by atoms with Crippen molar-refractivity contribution >= 4 is 28.8 Å². The van der Waals surface area contributed by atoms with E-state index in [0.29, 0.717) is 17.6 Å². The third kappa shape index (κ3) is 5.90. The fourth-order valence-electron chi connectivity index (χ4n) is 4.46. The summed E-state index contributed by atoms with van der Waals surface area (Å²) < 4.78 is 10.8. The molecular weight excluding hydrogens is 444 g/mol. The van der Waals surface area contributed by atoms with Crippen molar-refractivity contribution in [1.29, 1.82) is 0 Å². The van der Waals surface area contributed by atoms with Crippen LogP contribution in [-0.4, -0.2) is 45.8 Å². The second kappa shape index (κ2) is 9.93. The summed E-state index contributed by atoms with van der Waals surface area (Å²) in [5.74, 6) is 1.51. The molecule has 1 aliphatic carbocycles. The van der Waals surface area contributed by atoms with Crippen molar-refractivity contribution in [1.82, 2.24) is 20.3 Å². The number of carbonyl (C=O) groups is 1. The van der Waals surface area contributed by atoms with Crippen LogP contribution in [0.2, 0.25) is 0 Å². The van der Waals surface area contributed by atoms with Crippen LogP contribution < -0.4 is 21.1 Å². The Labute approximate surface area is 205 Å². The molecule has 0 radical (unpaired) electrons. The van der Waals surface area contributed by atoms with Gasteiger partial charge in [-0.15, -0.1) is 0 Å². The summed E-state index contributed by atoms with van der Waals surface area (Å²) in [5, 5.41) is 7.41. The number of rotatable bonds is 5. The molecule has 4 rings (SSSR count). The van der Waals surface area contributed by atoms with Crippen LogP contribution in [0.1, 0.15) is 52.0 Å². The highest BCUT2D eigenvalue weighted by atomic mass is 16.6. The minimum Gasteiger partial charge on any atom is -0.480 e. The van der Waals surface area contributed by atoms with Crippen LogP contribution in [0, 0.1) is 6.92 Å². The van der Waals surface area contributed by atoms with Crippen molar-refractivity contribution in [2.45, 2.75) is 71.1 Å². The van der Waals surface area contributed by atoms with Crippen molar-refractivity contribution in [2.75, 3.05) is 18.2 Å². The highest BCUT2D eigenvalue weighted by Gasteiger charge is 2.25. The number of nitrogens with one attached hydrogen (secondary N) is 2. The molecule has 35 heavy (non-hydrogen) atoms. The predicted molar refractivity (Wildman–Crippen MR) is 138 cm³/mol. The number of anilines is 2. The summed E-state index contributed by atoms with van der Waals surface area (Å²) in [5.41, 5.74) is 9.11. The van der Waals surface area contributed by atoms with Crippen LogP contribution in [0.3, 0.4) is 0 Å². The lowest BCUT2D eigenvalue weighted by Crippen LogP contribution is -2.42. The maximum atomic E-state index is 12.0. The molecule has 1 saturated carbocycles. The van der Waals surface area contributed by atoms with E-state index in [4.69, 9.17) is 20.2 Å². The number of benzene rings is 1. The highest BCUT2D eigenvalue weighted by Crippen LogP contribution is 2.34. The predicted octanol–water partition coefficient (Wildman–Crippen LogP) is 4.84. The van der Waals surface area contributed by atoms with Crippen LogP contribution in [0.25, 0.3) is 22.0 Å². The number of aromatic nitrogens is 3. The van der Waals surface area contributed by atoms with E-state index in [2.05, 4.69) is 20.6 Å². The minimum absolute atomic E-state index is 0.126. The van der Waals surface area contributed by atoms with Gasteiger partial charge in [0.1, 0.15) is 11.4 Å². The zero-order valence-electron chi connectivity index (χ0n) is 21.0. The molecule has 9 nitrogen and oxygen atoms in total. The molecule has 0 spiro atoms. The molecule has 1 aromatic carbocycles. The van der Waals surface area contributed by atoms with E-state index >= 15 is 0 Å². The van der Waals surface area contributed by atoms with Crippen LogP contribution in [0.5, 0.6) is 5.88 Å².